The monoisotopic (exact) mass is 811 g/mol. The third kappa shape index (κ3) is 12.9. The molecular weight excluding hydrogens is 746 g/mol. The van der Waals surface area contributed by atoms with Crippen molar-refractivity contribution in [3.8, 4) is 28.4 Å². The normalized spacial score (nSPS) is 15.8. The average Bonchev–Trinajstić information content (AvgIpc) is 3.80. The van der Waals surface area contributed by atoms with Crippen molar-refractivity contribution in [1.29, 1.82) is 0 Å². The fourth-order valence-corrected chi connectivity index (χ4v) is 8.77. The summed E-state index contributed by atoms with van der Waals surface area (Å²) in [6, 6.07) is 12.7. The number of halogens is 1. The maximum Gasteiger partial charge on any atom is 0.189 e. The number of fused-ring (bicyclic) bond motifs is 1. The molecule has 1 atom stereocenters. The Kier molecular flexibility index (Phi) is 14.8. The minimum Gasteiger partial charge on any atom is -0.464 e. The van der Waals surface area contributed by atoms with Crippen LogP contribution < -0.4 is 4.74 Å². The van der Waals surface area contributed by atoms with Crippen molar-refractivity contribution in [2.45, 2.75) is 123 Å². The van der Waals surface area contributed by atoms with Crippen LogP contribution in [0, 0.1) is 5.82 Å². The molecule has 1 N–H and O–H groups in total. The van der Waals surface area contributed by atoms with E-state index in [1.807, 2.05) is 10.7 Å². The van der Waals surface area contributed by atoms with Crippen molar-refractivity contribution in [2.75, 3.05) is 39.7 Å². The van der Waals surface area contributed by atoms with Crippen molar-refractivity contribution in [1.82, 2.24) is 24.2 Å². The molecular formula is C41H66FN5O5Si3. The number of benzene rings is 2. The van der Waals surface area contributed by atoms with E-state index in [0.717, 1.165) is 75.9 Å². The summed E-state index contributed by atoms with van der Waals surface area (Å²) < 4.78 is 43.6. The molecule has 0 spiro atoms. The Bertz CT molecular complexity index is 1860. The highest BCUT2D eigenvalue weighted by molar-refractivity contribution is 6.76. The lowest BCUT2D eigenvalue weighted by molar-refractivity contribution is 0.0197. The van der Waals surface area contributed by atoms with E-state index in [4.69, 9.17) is 29.0 Å². The van der Waals surface area contributed by atoms with Gasteiger partial charge < -0.3 is 28.6 Å². The van der Waals surface area contributed by atoms with Crippen molar-refractivity contribution >= 4 is 35.1 Å². The van der Waals surface area contributed by atoms with Gasteiger partial charge in [-0.1, -0.05) is 71.9 Å². The molecule has 4 aromatic rings. The summed E-state index contributed by atoms with van der Waals surface area (Å²) >= 11 is 0. The topological polar surface area (TPSA) is 96.0 Å². The van der Waals surface area contributed by atoms with E-state index in [9.17, 15) is 5.11 Å². The van der Waals surface area contributed by atoms with Crippen LogP contribution in [0.3, 0.4) is 0 Å². The first-order chi connectivity index (χ1) is 25.9. The standard InChI is InChI=1S/C41H66FN5O5Si3/c1-11-31-23-39(52-30-51-18-21-55(8,9)10)37(42)24-36(31)32-12-13-35-38(22-32)47(29-50-17-20-54(5,6)7)44-40(35)41-43-33(25-45-15-14-34(48)27-45)26-46(41)28-49-16-19-53(2,3)4/h12-13,22-24,26,34,48H,11,14-21,25,27-30H2,1-10H3. The van der Waals surface area contributed by atoms with Crippen LogP contribution in [-0.4, -0.2) is 99.4 Å². The molecule has 1 saturated heterocycles. The Morgan fingerprint density at radius 1 is 0.855 bits per heavy atom. The molecule has 304 valence electrons. The second-order valence-corrected chi connectivity index (χ2v) is 35.6. The summed E-state index contributed by atoms with van der Waals surface area (Å²) in [4.78, 5) is 7.39. The molecule has 1 aliphatic rings. The number of hydrogen-bond donors (Lipinski definition) is 1. The lowest BCUT2D eigenvalue weighted by Gasteiger charge is -2.16. The Labute approximate surface area is 331 Å². The lowest BCUT2D eigenvalue weighted by Crippen LogP contribution is -2.22. The average molecular weight is 812 g/mol. The van der Waals surface area contributed by atoms with Crippen molar-refractivity contribution < 1.29 is 28.4 Å². The Morgan fingerprint density at radius 3 is 2.13 bits per heavy atom. The predicted molar refractivity (Wildman–Crippen MR) is 229 cm³/mol. The fourth-order valence-electron chi connectivity index (χ4n) is 6.50. The molecule has 5 rings (SSSR count). The molecule has 2 aromatic carbocycles. The van der Waals surface area contributed by atoms with Gasteiger partial charge in [0.2, 0.25) is 0 Å². The number of rotatable bonds is 21. The van der Waals surface area contributed by atoms with E-state index in [2.05, 4.69) is 93.6 Å². The summed E-state index contributed by atoms with van der Waals surface area (Å²) in [6.07, 6.45) is 3.24. The predicted octanol–water partition coefficient (Wildman–Crippen LogP) is 9.15. The molecule has 0 aliphatic carbocycles. The van der Waals surface area contributed by atoms with E-state index in [1.54, 1.807) is 12.1 Å². The van der Waals surface area contributed by atoms with E-state index in [1.165, 1.54) is 0 Å². The molecule has 0 amide bonds. The van der Waals surface area contributed by atoms with Gasteiger partial charge >= 0.3 is 0 Å². The SMILES string of the molecule is CCc1cc(OCOCC[Si](C)(C)C)c(F)cc1-c1ccc2c(-c3nc(CN4CCC(O)C4)cn3COCC[Si](C)(C)C)nn(COCC[Si](C)(C)C)c2c1. The number of imidazole rings is 1. The second kappa shape index (κ2) is 18.7. The largest absolute Gasteiger partial charge is 0.464 e. The number of aliphatic hydroxyl groups excluding tert-OH is 1. The zero-order valence-corrected chi connectivity index (χ0v) is 38.1. The summed E-state index contributed by atoms with van der Waals surface area (Å²) in [5.41, 5.74) is 5.24. The summed E-state index contributed by atoms with van der Waals surface area (Å²) in [5, 5.41) is 16.3. The van der Waals surface area contributed by atoms with Gasteiger partial charge in [0, 0.05) is 75.3 Å². The van der Waals surface area contributed by atoms with Gasteiger partial charge in [-0.25, -0.2) is 14.1 Å². The molecule has 55 heavy (non-hydrogen) atoms. The van der Waals surface area contributed by atoms with Crippen molar-refractivity contribution in [3.63, 3.8) is 0 Å². The molecule has 1 unspecified atom stereocenters. The van der Waals surface area contributed by atoms with Gasteiger partial charge in [0.25, 0.3) is 0 Å². The van der Waals surface area contributed by atoms with Crippen LogP contribution in [0.4, 0.5) is 4.39 Å². The molecule has 10 nitrogen and oxygen atoms in total. The zero-order chi connectivity index (χ0) is 40.0. The molecule has 14 heteroatoms. The van der Waals surface area contributed by atoms with Crippen LogP contribution in [0.25, 0.3) is 33.5 Å². The zero-order valence-electron chi connectivity index (χ0n) is 35.1. The lowest BCUT2D eigenvalue weighted by atomic mass is 9.96. The van der Waals surface area contributed by atoms with Crippen molar-refractivity contribution in [2.24, 2.45) is 0 Å². The number of aromatic nitrogens is 4. The summed E-state index contributed by atoms with van der Waals surface area (Å²) in [5.74, 6) is 0.519. The van der Waals surface area contributed by atoms with E-state index in [-0.39, 0.29) is 25.4 Å². The first-order valence-electron chi connectivity index (χ1n) is 20.1. The Hall–Kier alpha value is -2.70. The Morgan fingerprint density at radius 2 is 1.51 bits per heavy atom. The van der Waals surface area contributed by atoms with Gasteiger partial charge in [-0.3, -0.25) is 4.90 Å². The van der Waals surface area contributed by atoms with E-state index >= 15 is 4.39 Å². The van der Waals surface area contributed by atoms with Crippen LogP contribution in [0.5, 0.6) is 5.75 Å². The van der Waals surface area contributed by atoms with Gasteiger partial charge in [-0.15, -0.1) is 0 Å². The summed E-state index contributed by atoms with van der Waals surface area (Å²) in [7, 11) is -3.79. The maximum atomic E-state index is 15.6. The molecule has 2 aromatic heterocycles. The third-order valence-corrected chi connectivity index (χ3v) is 15.1. The highest BCUT2D eigenvalue weighted by atomic mass is 28.3. The van der Waals surface area contributed by atoms with Gasteiger partial charge in [0.1, 0.15) is 19.2 Å². The number of nitrogens with zero attached hydrogens (tertiary/aromatic N) is 5. The van der Waals surface area contributed by atoms with Gasteiger partial charge in [0.05, 0.1) is 17.3 Å². The number of hydrogen-bond acceptors (Lipinski definition) is 8. The molecule has 0 bridgehead atoms. The second-order valence-electron chi connectivity index (χ2n) is 18.8. The molecule has 0 radical (unpaired) electrons. The highest BCUT2D eigenvalue weighted by Gasteiger charge is 2.25. The molecule has 1 fully saturated rings. The van der Waals surface area contributed by atoms with Gasteiger partial charge in [-0.2, -0.15) is 5.10 Å². The number of aliphatic hydroxyl groups is 1. The maximum absolute atomic E-state index is 15.6. The molecule has 3 heterocycles. The number of likely N-dealkylation sites (tertiary alicyclic amines) is 1. The molecule has 0 saturated carbocycles. The third-order valence-electron chi connectivity index (χ3n) is 10.0. The van der Waals surface area contributed by atoms with E-state index in [0.29, 0.717) is 46.1 Å². The fraction of sp³-hybridized carbons (Fsp3) is 0.610. The van der Waals surface area contributed by atoms with Gasteiger partial charge in [-0.05, 0) is 71.9 Å². The van der Waals surface area contributed by atoms with Crippen LogP contribution in [0.15, 0.2) is 36.5 Å². The number of ether oxygens (including phenoxy) is 4. The van der Waals surface area contributed by atoms with Crippen LogP contribution in [0.1, 0.15) is 24.6 Å². The van der Waals surface area contributed by atoms with E-state index < -0.39 is 30.0 Å². The smallest absolute Gasteiger partial charge is 0.189 e. The number of aryl methyl sites for hydroxylation is 1. The van der Waals surface area contributed by atoms with Crippen molar-refractivity contribution in [3.05, 3.63) is 53.6 Å². The minimum absolute atomic E-state index is 0.0241. The first kappa shape index (κ1) is 43.4. The van der Waals surface area contributed by atoms with Gasteiger partial charge in [0.15, 0.2) is 24.2 Å². The Balaban J connectivity index is 1.49. The highest BCUT2D eigenvalue weighted by Crippen LogP contribution is 2.35. The number of β-amino-alcohol motifs (C(OH)–C–C–N with tert-alkyl or cyclic N) is 1. The van der Waals surface area contributed by atoms with Crippen LogP contribution in [0.2, 0.25) is 77.1 Å². The summed E-state index contributed by atoms with van der Waals surface area (Å²) in [6.45, 7) is 27.8. The van der Waals surface area contributed by atoms with Crippen LogP contribution in [-0.2, 0) is 40.6 Å². The minimum atomic E-state index is -1.29. The van der Waals surface area contributed by atoms with Crippen LogP contribution >= 0.6 is 0 Å². The molecule has 1 aliphatic heterocycles. The first-order valence-corrected chi connectivity index (χ1v) is 31.2. The quantitative estimate of drug-likeness (QED) is 0.0506.